The highest BCUT2D eigenvalue weighted by Crippen LogP contribution is 2.42. The molecule has 2 aliphatic heterocycles. The van der Waals surface area contributed by atoms with Crippen LogP contribution in [0.1, 0.15) is 70.3 Å². The second kappa shape index (κ2) is 8.54. The zero-order valence-corrected chi connectivity index (χ0v) is 17.5. The number of aliphatic hydroxyl groups is 1. The standard InChI is InChI=1S/C24H36N2O2/c1-17(2)18-7-9-19(10-8-18)25-14-11-20(12-15-25)26-23-6-4-3-5-21(23)22(13-16-27)24(26)28/h3-6,17-20,22,27H,7-16H2,1-2H3/t18?,19?,22-/m1/s1. The van der Waals surface area contributed by atoms with E-state index in [1.54, 1.807) is 0 Å². The number of hydrogen-bond acceptors (Lipinski definition) is 3. The van der Waals surface area contributed by atoms with Crippen LogP contribution in [0.5, 0.6) is 0 Å². The SMILES string of the molecule is CC(C)C1CCC(N2CCC(N3C(=O)[C@H](CCO)c4ccccc43)CC2)CC1. The number of amides is 1. The van der Waals surface area contributed by atoms with Gasteiger partial charge in [-0.2, -0.15) is 0 Å². The molecule has 0 unspecified atom stereocenters. The summed E-state index contributed by atoms with van der Waals surface area (Å²) in [6.45, 7) is 7.02. The number of anilines is 1. The normalized spacial score (nSPS) is 29.5. The van der Waals surface area contributed by atoms with Crippen molar-refractivity contribution in [3.63, 3.8) is 0 Å². The molecule has 0 aromatic heterocycles. The van der Waals surface area contributed by atoms with Gasteiger partial charge in [-0.1, -0.05) is 32.0 Å². The minimum Gasteiger partial charge on any atom is -0.396 e. The molecule has 1 aromatic rings. The zero-order chi connectivity index (χ0) is 19.7. The molecule has 154 valence electrons. The molecule has 4 heteroatoms. The summed E-state index contributed by atoms with van der Waals surface area (Å²) in [4.78, 5) is 17.9. The number of carbonyl (C=O) groups is 1. The van der Waals surface area contributed by atoms with Crippen LogP contribution in [0.15, 0.2) is 24.3 Å². The third-order valence-electron chi connectivity index (χ3n) is 7.59. The smallest absolute Gasteiger partial charge is 0.234 e. The summed E-state index contributed by atoms with van der Waals surface area (Å²) in [5.41, 5.74) is 2.19. The Morgan fingerprint density at radius 1 is 1.00 bits per heavy atom. The number of carbonyl (C=O) groups excluding carboxylic acids is 1. The van der Waals surface area contributed by atoms with Gasteiger partial charge in [-0.15, -0.1) is 0 Å². The molecular weight excluding hydrogens is 348 g/mol. The number of likely N-dealkylation sites (tertiary alicyclic amines) is 1. The summed E-state index contributed by atoms with van der Waals surface area (Å²) in [6, 6.07) is 9.25. The monoisotopic (exact) mass is 384 g/mol. The van der Waals surface area contributed by atoms with Gasteiger partial charge in [0.1, 0.15) is 0 Å². The van der Waals surface area contributed by atoms with Crippen molar-refractivity contribution in [2.45, 2.75) is 76.8 Å². The Morgan fingerprint density at radius 3 is 2.32 bits per heavy atom. The summed E-state index contributed by atoms with van der Waals surface area (Å²) in [5, 5.41) is 9.42. The van der Waals surface area contributed by atoms with Crippen LogP contribution < -0.4 is 4.90 Å². The van der Waals surface area contributed by atoms with Crippen LogP contribution in [0, 0.1) is 11.8 Å². The maximum atomic E-state index is 13.1. The van der Waals surface area contributed by atoms with Crippen molar-refractivity contribution in [2.24, 2.45) is 11.8 Å². The van der Waals surface area contributed by atoms with Gasteiger partial charge >= 0.3 is 0 Å². The van der Waals surface area contributed by atoms with Crippen molar-refractivity contribution >= 4 is 11.6 Å². The van der Waals surface area contributed by atoms with Gasteiger partial charge < -0.3 is 14.9 Å². The molecule has 4 rings (SSSR count). The van der Waals surface area contributed by atoms with Crippen molar-refractivity contribution in [2.75, 3.05) is 24.6 Å². The van der Waals surface area contributed by atoms with Gasteiger partial charge in [0.05, 0.1) is 5.92 Å². The first-order valence-electron chi connectivity index (χ1n) is 11.4. The summed E-state index contributed by atoms with van der Waals surface area (Å²) in [7, 11) is 0. The van der Waals surface area contributed by atoms with Crippen LogP contribution in [0.25, 0.3) is 0 Å². The minimum absolute atomic E-state index is 0.0656. The number of nitrogens with zero attached hydrogens (tertiary/aromatic N) is 2. The van der Waals surface area contributed by atoms with Crippen LogP contribution >= 0.6 is 0 Å². The van der Waals surface area contributed by atoms with Crippen molar-refractivity contribution in [3.8, 4) is 0 Å². The maximum absolute atomic E-state index is 13.1. The summed E-state index contributed by atoms with van der Waals surface area (Å²) < 4.78 is 0. The molecule has 1 N–H and O–H groups in total. The molecule has 0 spiro atoms. The van der Waals surface area contributed by atoms with Crippen LogP contribution in [-0.2, 0) is 4.79 Å². The van der Waals surface area contributed by atoms with Crippen LogP contribution in [0.4, 0.5) is 5.69 Å². The van der Waals surface area contributed by atoms with E-state index >= 15 is 0 Å². The van der Waals surface area contributed by atoms with Crippen LogP contribution in [0.3, 0.4) is 0 Å². The largest absolute Gasteiger partial charge is 0.396 e. The molecule has 1 aromatic carbocycles. The molecule has 4 nitrogen and oxygen atoms in total. The quantitative estimate of drug-likeness (QED) is 0.828. The molecule has 1 atom stereocenters. The molecule has 1 amide bonds. The van der Waals surface area contributed by atoms with Gasteiger partial charge in [0.25, 0.3) is 0 Å². The number of piperidine rings is 1. The topological polar surface area (TPSA) is 43.8 Å². The van der Waals surface area contributed by atoms with E-state index in [0.29, 0.717) is 12.5 Å². The maximum Gasteiger partial charge on any atom is 0.234 e. The lowest BCUT2D eigenvalue weighted by Crippen LogP contribution is -2.50. The number of aliphatic hydroxyl groups excluding tert-OH is 1. The average molecular weight is 385 g/mol. The highest BCUT2D eigenvalue weighted by molar-refractivity contribution is 6.05. The van der Waals surface area contributed by atoms with Crippen LogP contribution in [-0.4, -0.2) is 47.7 Å². The molecule has 2 fully saturated rings. The Labute approximate surface area is 169 Å². The molecule has 1 saturated heterocycles. The Morgan fingerprint density at radius 2 is 1.68 bits per heavy atom. The molecule has 1 saturated carbocycles. The third kappa shape index (κ3) is 3.73. The minimum atomic E-state index is -0.162. The number of benzene rings is 1. The average Bonchev–Trinajstić information content (AvgIpc) is 3.00. The third-order valence-corrected chi connectivity index (χ3v) is 7.59. The van der Waals surface area contributed by atoms with Crippen molar-refractivity contribution in [1.82, 2.24) is 4.90 Å². The van der Waals surface area contributed by atoms with E-state index < -0.39 is 0 Å². The number of para-hydroxylation sites is 1. The molecule has 1 aliphatic carbocycles. The fourth-order valence-corrected chi connectivity index (χ4v) is 5.85. The van der Waals surface area contributed by atoms with Gasteiger partial charge in [-0.3, -0.25) is 4.79 Å². The van der Waals surface area contributed by atoms with Gasteiger partial charge in [0, 0.05) is 37.5 Å². The lowest BCUT2D eigenvalue weighted by atomic mass is 9.79. The van der Waals surface area contributed by atoms with E-state index in [9.17, 15) is 9.90 Å². The molecule has 0 bridgehead atoms. The van der Waals surface area contributed by atoms with Crippen LogP contribution in [0.2, 0.25) is 0 Å². The zero-order valence-electron chi connectivity index (χ0n) is 17.5. The molecule has 3 aliphatic rings. The summed E-state index contributed by atoms with van der Waals surface area (Å²) in [6.07, 6.45) is 8.11. The fraction of sp³-hybridized carbons (Fsp3) is 0.708. The predicted molar refractivity (Wildman–Crippen MR) is 114 cm³/mol. The first kappa shape index (κ1) is 19.9. The lowest BCUT2D eigenvalue weighted by Gasteiger charge is -2.43. The lowest BCUT2D eigenvalue weighted by molar-refractivity contribution is -0.120. The second-order valence-electron chi connectivity index (χ2n) is 9.41. The second-order valence-corrected chi connectivity index (χ2v) is 9.41. The number of fused-ring (bicyclic) bond motifs is 1. The first-order chi connectivity index (χ1) is 13.6. The first-order valence-corrected chi connectivity index (χ1v) is 11.4. The van der Waals surface area contributed by atoms with E-state index in [-0.39, 0.29) is 18.4 Å². The Bertz CT molecular complexity index is 673. The number of hydrogen-bond donors (Lipinski definition) is 1. The van der Waals surface area contributed by atoms with Crippen molar-refractivity contribution < 1.29 is 9.90 Å². The van der Waals surface area contributed by atoms with E-state index in [1.807, 2.05) is 12.1 Å². The van der Waals surface area contributed by atoms with Gasteiger partial charge in [0.2, 0.25) is 5.91 Å². The van der Waals surface area contributed by atoms with Gasteiger partial charge in [0.15, 0.2) is 0 Å². The van der Waals surface area contributed by atoms with E-state index in [1.165, 1.54) is 25.7 Å². The molecule has 28 heavy (non-hydrogen) atoms. The summed E-state index contributed by atoms with van der Waals surface area (Å²) in [5.74, 6) is 1.77. The fourth-order valence-electron chi connectivity index (χ4n) is 5.85. The molecular formula is C24H36N2O2. The van der Waals surface area contributed by atoms with Crippen molar-refractivity contribution in [3.05, 3.63) is 29.8 Å². The Balaban J connectivity index is 1.38. The molecule has 0 radical (unpaired) electrons. The molecule has 2 heterocycles. The van der Waals surface area contributed by atoms with E-state index in [2.05, 4.69) is 35.8 Å². The van der Waals surface area contributed by atoms with E-state index in [0.717, 1.165) is 55.1 Å². The highest BCUT2D eigenvalue weighted by Gasteiger charge is 2.41. The predicted octanol–water partition coefficient (Wildman–Crippen LogP) is 4.18. The van der Waals surface area contributed by atoms with Crippen molar-refractivity contribution in [1.29, 1.82) is 0 Å². The number of rotatable bonds is 5. The highest BCUT2D eigenvalue weighted by atomic mass is 16.3. The Hall–Kier alpha value is -1.39. The van der Waals surface area contributed by atoms with Gasteiger partial charge in [-0.05, 0) is 68.4 Å². The van der Waals surface area contributed by atoms with Gasteiger partial charge in [-0.25, -0.2) is 0 Å². The summed E-state index contributed by atoms with van der Waals surface area (Å²) >= 11 is 0. The Kier molecular flexibility index (Phi) is 6.07. The van der Waals surface area contributed by atoms with E-state index in [4.69, 9.17) is 0 Å².